The first-order valence-electron chi connectivity index (χ1n) is 8.28. The summed E-state index contributed by atoms with van der Waals surface area (Å²) < 4.78 is 0. The van der Waals surface area contributed by atoms with E-state index < -0.39 is 4.92 Å². The number of amides is 1. The summed E-state index contributed by atoms with van der Waals surface area (Å²) in [7, 11) is 0. The Bertz CT molecular complexity index is 1010. The lowest BCUT2D eigenvalue weighted by Crippen LogP contribution is -2.09. The molecule has 0 radical (unpaired) electrons. The first-order valence-corrected chi connectivity index (χ1v) is 8.28. The molecule has 0 saturated heterocycles. The smallest absolute Gasteiger partial charge is 0.276 e. The maximum atomic E-state index is 12.3. The van der Waals surface area contributed by atoms with Crippen LogP contribution in [0.5, 0.6) is 0 Å². The summed E-state index contributed by atoms with van der Waals surface area (Å²) in [4.78, 5) is 26.9. The Labute approximate surface area is 156 Å². The van der Waals surface area contributed by atoms with Crippen LogP contribution in [0.15, 0.2) is 73.1 Å². The van der Waals surface area contributed by atoms with E-state index in [2.05, 4.69) is 10.3 Å². The van der Waals surface area contributed by atoms with Gasteiger partial charge in [0.2, 0.25) is 5.91 Å². The zero-order chi connectivity index (χ0) is 19.2. The van der Waals surface area contributed by atoms with Crippen LogP contribution in [0, 0.1) is 17.0 Å². The number of benzene rings is 2. The first kappa shape index (κ1) is 18.0. The Morgan fingerprint density at radius 3 is 2.56 bits per heavy atom. The summed E-state index contributed by atoms with van der Waals surface area (Å²) in [5.41, 5.74) is 3.89. The molecule has 3 aromatic rings. The fraction of sp³-hybridized carbons (Fsp3) is 0.0476. The van der Waals surface area contributed by atoms with Crippen molar-refractivity contribution in [2.75, 3.05) is 5.32 Å². The molecule has 1 heterocycles. The molecule has 0 atom stereocenters. The van der Waals surface area contributed by atoms with Crippen molar-refractivity contribution in [1.29, 1.82) is 0 Å². The highest BCUT2D eigenvalue weighted by atomic mass is 16.6. The van der Waals surface area contributed by atoms with Crippen molar-refractivity contribution in [1.82, 2.24) is 4.98 Å². The van der Waals surface area contributed by atoms with Crippen LogP contribution < -0.4 is 5.32 Å². The van der Waals surface area contributed by atoms with Gasteiger partial charge in [0.1, 0.15) is 0 Å². The second-order valence-corrected chi connectivity index (χ2v) is 5.90. The highest BCUT2D eigenvalue weighted by molar-refractivity contribution is 6.03. The minimum atomic E-state index is -0.472. The van der Waals surface area contributed by atoms with Crippen LogP contribution in [0.25, 0.3) is 17.2 Å². The van der Waals surface area contributed by atoms with E-state index in [-0.39, 0.29) is 11.6 Å². The van der Waals surface area contributed by atoms with Gasteiger partial charge < -0.3 is 5.32 Å². The molecule has 6 heteroatoms. The number of nitro groups is 1. The molecular weight excluding hydrogens is 342 g/mol. The number of hydrogen-bond acceptors (Lipinski definition) is 4. The quantitative estimate of drug-likeness (QED) is 0.409. The monoisotopic (exact) mass is 359 g/mol. The van der Waals surface area contributed by atoms with Gasteiger partial charge in [0.05, 0.1) is 10.5 Å². The minimum Gasteiger partial charge on any atom is -0.322 e. The standard InChI is InChI=1S/C21H17N3O3/c1-15-6-7-18(16-10-12-22-13-11-16)14-19(15)23-21(25)9-8-17-4-2-3-5-20(17)24(26)27/h2-14H,1H3,(H,23,25)/b9-8+. The van der Waals surface area contributed by atoms with Gasteiger partial charge in [-0.3, -0.25) is 19.9 Å². The van der Waals surface area contributed by atoms with E-state index in [1.54, 1.807) is 30.6 Å². The van der Waals surface area contributed by atoms with Crippen molar-refractivity contribution < 1.29 is 9.72 Å². The highest BCUT2D eigenvalue weighted by Crippen LogP contribution is 2.25. The highest BCUT2D eigenvalue weighted by Gasteiger charge is 2.10. The zero-order valence-corrected chi connectivity index (χ0v) is 14.6. The van der Waals surface area contributed by atoms with Crippen LogP contribution in [0.1, 0.15) is 11.1 Å². The van der Waals surface area contributed by atoms with Crippen molar-refractivity contribution in [3.05, 3.63) is 94.3 Å². The van der Waals surface area contributed by atoms with Crippen LogP contribution in [0.4, 0.5) is 11.4 Å². The van der Waals surface area contributed by atoms with Gasteiger partial charge in [0.15, 0.2) is 0 Å². The average Bonchev–Trinajstić information content (AvgIpc) is 2.69. The summed E-state index contributed by atoms with van der Waals surface area (Å²) in [5, 5.41) is 13.9. The lowest BCUT2D eigenvalue weighted by molar-refractivity contribution is -0.385. The molecule has 0 aliphatic rings. The summed E-state index contributed by atoms with van der Waals surface area (Å²) >= 11 is 0. The number of pyridine rings is 1. The number of aromatic nitrogens is 1. The van der Waals surface area contributed by atoms with E-state index in [1.807, 2.05) is 37.3 Å². The third kappa shape index (κ3) is 4.43. The fourth-order valence-electron chi connectivity index (χ4n) is 2.62. The molecule has 0 spiro atoms. The van der Waals surface area contributed by atoms with Crippen LogP contribution in [-0.2, 0) is 4.79 Å². The van der Waals surface area contributed by atoms with E-state index >= 15 is 0 Å². The van der Waals surface area contributed by atoms with Gasteiger partial charge in [-0.25, -0.2) is 0 Å². The van der Waals surface area contributed by atoms with Crippen molar-refractivity contribution in [3.63, 3.8) is 0 Å². The van der Waals surface area contributed by atoms with E-state index in [1.165, 1.54) is 18.2 Å². The second-order valence-electron chi connectivity index (χ2n) is 5.90. The Kier molecular flexibility index (Phi) is 5.37. The van der Waals surface area contributed by atoms with Gasteiger partial charge in [-0.2, -0.15) is 0 Å². The molecule has 134 valence electrons. The number of anilines is 1. The normalized spacial score (nSPS) is 10.7. The summed E-state index contributed by atoms with van der Waals surface area (Å²) in [6, 6.07) is 15.9. The number of nitro benzene ring substituents is 1. The molecule has 1 N–H and O–H groups in total. The lowest BCUT2D eigenvalue weighted by Gasteiger charge is -2.09. The van der Waals surface area contributed by atoms with Gasteiger partial charge in [-0.1, -0.05) is 24.3 Å². The number of para-hydroxylation sites is 1. The Morgan fingerprint density at radius 2 is 1.81 bits per heavy atom. The summed E-state index contributed by atoms with van der Waals surface area (Å²) in [5.74, 6) is -0.358. The molecule has 0 saturated carbocycles. The van der Waals surface area contributed by atoms with Gasteiger partial charge in [0.25, 0.3) is 5.69 Å². The number of hydrogen-bond donors (Lipinski definition) is 1. The SMILES string of the molecule is Cc1ccc(-c2ccncc2)cc1NC(=O)/C=C/c1ccccc1[N+](=O)[O-]. The molecule has 3 rings (SSSR count). The number of rotatable bonds is 5. The molecule has 0 aliphatic carbocycles. The van der Waals surface area contributed by atoms with E-state index in [0.29, 0.717) is 11.3 Å². The summed E-state index contributed by atoms with van der Waals surface area (Å²) in [6.45, 7) is 1.90. The maximum absolute atomic E-state index is 12.3. The average molecular weight is 359 g/mol. The van der Waals surface area contributed by atoms with Gasteiger partial charge in [-0.05, 0) is 54.0 Å². The van der Waals surface area contributed by atoms with Crippen LogP contribution in [-0.4, -0.2) is 15.8 Å². The number of nitrogens with zero attached hydrogens (tertiary/aromatic N) is 2. The largest absolute Gasteiger partial charge is 0.322 e. The topological polar surface area (TPSA) is 85.1 Å². The third-order valence-electron chi connectivity index (χ3n) is 4.06. The minimum absolute atomic E-state index is 0.0441. The predicted octanol–water partition coefficient (Wildman–Crippen LogP) is 4.62. The lowest BCUT2D eigenvalue weighted by atomic mass is 10.0. The molecule has 27 heavy (non-hydrogen) atoms. The number of carbonyl (C=O) groups excluding carboxylic acids is 1. The molecule has 1 aromatic heterocycles. The molecule has 0 fully saturated rings. The number of nitrogens with one attached hydrogen (secondary N) is 1. The predicted molar refractivity (Wildman–Crippen MR) is 105 cm³/mol. The van der Waals surface area contributed by atoms with Crippen molar-refractivity contribution in [2.24, 2.45) is 0 Å². The second kappa shape index (κ2) is 8.05. The molecule has 0 aliphatic heterocycles. The van der Waals surface area contributed by atoms with E-state index in [0.717, 1.165) is 16.7 Å². The Morgan fingerprint density at radius 1 is 1.07 bits per heavy atom. The summed E-state index contributed by atoms with van der Waals surface area (Å²) in [6.07, 6.45) is 6.16. The number of carbonyl (C=O) groups is 1. The molecule has 0 unspecified atom stereocenters. The van der Waals surface area contributed by atoms with Crippen molar-refractivity contribution in [2.45, 2.75) is 6.92 Å². The van der Waals surface area contributed by atoms with Gasteiger partial charge in [-0.15, -0.1) is 0 Å². The fourth-order valence-corrected chi connectivity index (χ4v) is 2.62. The molecule has 2 aromatic carbocycles. The number of aryl methyl sites for hydroxylation is 1. The third-order valence-corrected chi connectivity index (χ3v) is 4.06. The molecule has 6 nitrogen and oxygen atoms in total. The molecular formula is C21H17N3O3. The van der Waals surface area contributed by atoms with Gasteiger partial charge >= 0.3 is 0 Å². The van der Waals surface area contributed by atoms with E-state index in [9.17, 15) is 14.9 Å². The molecule has 0 bridgehead atoms. The molecule has 1 amide bonds. The Balaban J connectivity index is 1.80. The van der Waals surface area contributed by atoms with Crippen LogP contribution in [0.3, 0.4) is 0 Å². The van der Waals surface area contributed by atoms with Crippen molar-refractivity contribution >= 4 is 23.4 Å². The van der Waals surface area contributed by atoms with Crippen molar-refractivity contribution in [3.8, 4) is 11.1 Å². The van der Waals surface area contributed by atoms with Crippen LogP contribution in [0.2, 0.25) is 0 Å². The first-order chi connectivity index (χ1) is 13.0. The van der Waals surface area contributed by atoms with Crippen LogP contribution >= 0.6 is 0 Å². The Hall–Kier alpha value is -3.80. The van der Waals surface area contributed by atoms with Gasteiger partial charge in [0, 0.05) is 30.2 Å². The zero-order valence-electron chi connectivity index (χ0n) is 14.6. The maximum Gasteiger partial charge on any atom is 0.276 e. The van der Waals surface area contributed by atoms with E-state index in [4.69, 9.17) is 0 Å².